The number of rotatable bonds is 10. The van der Waals surface area contributed by atoms with Crippen LogP contribution in [0, 0.1) is 6.92 Å². The second-order valence-electron chi connectivity index (χ2n) is 8.31. The van der Waals surface area contributed by atoms with Crippen molar-refractivity contribution in [3.63, 3.8) is 0 Å². The van der Waals surface area contributed by atoms with Crippen LogP contribution >= 0.6 is 0 Å². The first-order valence-electron chi connectivity index (χ1n) is 11.7. The van der Waals surface area contributed by atoms with Crippen LogP contribution in [-0.2, 0) is 9.59 Å². The first kappa shape index (κ1) is 26.1. The smallest absolute Gasteiger partial charge is 0.295 e. The number of ketones is 1. The Balaban J connectivity index is 2.18. The van der Waals surface area contributed by atoms with Crippen LogP contribution in [0.2, 0.25) is 0 Å². The van der Waals surface area contributed by atoms with Crippen molar-refractivity contribution in [3.05, 3.63) is 58.7 Å². The van der Waals surface area contributed by atoms with Gasteiger partial charge in [0.1, 0.15) is 11.5 Å². The van der Waals surface area contributed by atoms with Crippen LogP contribution in [0.15, 0.2) is 42.0 Å². The van der Waals surface area contributed by atoms with Crippen molar-refractivity contribution in [1.82, 2.24) is 9.80 Å². The molecule has 0 unspecified atom stereocenters. The molecule has 1 atom stereocenters. The molecular formula is C27H34N2O6. The minimum Gasteiger partial charge on any atom is -0.507 e. The van der Waals surface area contributed by atoms with Crippen molar-refractivity contribution in [1.29, 1.82) is 0 Å². The number of likely N-dealkylation sites (tertiary alicyclic amines) is 1. The number of amides is 1. The molecule has 1 aliphatic rings. The third-order valence-electron chi connectivity index (χ3n) is 6.50. The number of benzene rings is 2. The van der Waals surface area contributed by atoms with E-state index in [1.807, 2.05) is 6.92 Å². The molecular weight excluding hydrogens is 448 g/mol. The van der Waals surface area contributed by atoms with Crippen molar-refractivity contribution in [2.45, 2.75) is 26.8 Å². The summed E-state index contributed by atoms with van der Waals surface area (Å²) >= 11 is 0. The Kier molecular flexibility index (Phi) is 8.40. The van der Waals surface area contributed by atoms with Crippen LogP contribution in [-0.4, -0.2) is 74.1 Å². The molecule has 1 aliphatic heterocycles. The monoisotopic (exact) mass is 482 g/mol. The van der Waals surface area contributed by atoms with E-state index in [1.165, 1.54) is 12.0 Å². The van der Waals surface area contributed by atoms with Gasteiger partial charge in [0.25, 0.3) is 11.7 Å². The zero-order valence-corrected chi connectivity index (χ0v) is 21.3. The van der Waals surface area contributed by atoms with Crippen LogP contribution in [0.4, 0.5) is 0 Å². The molecule has 1 saturated heterocycles. The molecule has 1 fully saturated rings. The number of methoxy groups -OCH3 is 3. The molecule has 0 saturated carbocycles. The minimum atomic E-state index is -0.771. The van der Waals surface area contributed by atoms with Crippen LogP contribution in [0.5, 0.6) is 17.2 Å². The zero-order chi connectivity index (χ0) is 25.7. The van der Waals surface area contributed by atoms with E-state index in [-0.39, 0.29) is 11.3 Å². The topological polar surface area (TPSA) is 88.5 Å². The van der Waals surface area contributed by atoms with Gasteiger partial charge in [0.05, 0.1) is 32.9 Å². The Hall–Kier alpha value is -3.52. The molecule has 8 heteroatoms. The Bertz CT molecular complexity index is 1120. The average Bonchev–Trinajstić information content (AvgIpc) is 3.13. The van der Waals surface area contributed by atoms with Gasteiger partial charge >= 0.3 is 0 Å². The van der Waals surface area contributed by atoms with Gasteiger partial charge in [-0.15, -0.1) is 0 Å². The Labute approximate surface area is 206 Å². The fraction of sp³-hybridized carbons (Fsp3) is 0.407. The van der Waals surface area contributed by atoms with Crippen LogP contribution in [0.1, 0.15) is 36.6 Å². The van der Waals surface area contributed by atoms with Crippen LogP contribution < -0.4 is 14.2 Å². The molecule has 0 spiro atoms. The molecule has 0 aromatic heterocycles. The van der Waals surface area contributed by atoms with Gasteiger partial charge in [-0.2, -0.15) is 0 Å². The number of aliphatic hydroxyl groups is 1. The van der Waals surface area contributed by atoms with E-state index in [0.29, 0.717) is 41.5 Å². The summed E-state index contributed by atoms with van der Waals surface area (Å²) in [6.45, 7) is 8.51. The standard InChI is InChI=1S/C27H34N2O6/c1-7-28(8-2)13-14-29-24(18-9-12-21(34-5)22(16-18)35-6)23(26(31)27(29)32)25(30)20-11-10-19(33-4)15-17(20)3/h9-12,15-16,24,30H,7-8,13-14H2,1-6H3/t24-/m1/s1. The minimum absolute atomic E-state index is 0.0510. The molecule has 1 amide bonds. The highest BCUT2D eigenvalue weighted by Crippen LogP contribution is 2.42. The third-order valence-corrected chi connectivity index (χ3v) is 6.50. The number of carbonyl (C=O) groups excluding carboxylic acids is 2. The third kappa shape index (κ3) is 5.12. The van der Waals surface area contributed by atoms with E-state index in [2.05, 4.69) is 18.7 Å². The molecule has 3 rings (SSSR count). The molecule has 2 aromatic rings. The molecule has 1 heterocycles. The van der Waals surface area contributed by atoms with Gasteiger partial charge in [0.15, 0.2) is 11.5 Å². The number of hydrogen-bond donors (Lipinski definition) is 1. The molecule has 0 bridgehead atoms. The van der Waals surface area contributed by atoms with E-state index >= 15 is 0 Å². The number of aryl methyl sites for hydroxylation is 1. The van der Waals surface area contributed by atoms with E-state index in [1.54, 1.807) is 50.6 Å². The van der Waals surface area contributed by atoms with E-state index in [9.17, 15) is 14.7 Å². The first-order valence-corrected chi connectivity index (χ1v) is 11.7. The molecule has 0 radical (unpaired) electrons. The van der Waals surface area contributed by atoms with Gasteiger partial charge in [-0.05, 0) is 61.5 Å². The van der Waals surface area contributed by atoms with Crippen molar-refractivity contribution >= 4 is 17.4 Å². The maximum absolute atomic E-state index is 13.3. The lowest BCUT2D eigenvalue weighted by atomic mass is 9.93. The molecule has 188 valence electrons. The van der Waals surface area contributed by atoms with Crippen molar-refractivity contribution in [2.75, 3.05) is 47.5 Å². The summed E-state index contributed by atoms with van der Waals surface area (Å²) in [5, 5.41) is 11.4. The van der Waals surface area contributed by atoms with Gasteiger partial charge in [-0.25, -0.2) is 0 Å². The number of nitrogens with zero attached hydrogens (tertiary/aromatic N) is 2. The molecule has 2 aromatic carbocycles. The highest BCUT2D eigenvalue weighted by molar-refractivity contribution is 6.46. The van der Waals surface area contributed by atoms with E-state index in [0.717, 1.165) is 18.7 Å². The maximum atomic E-state index is 13.3. The molecule has 0 aliphatic carbocycles. The van der Waals surface area contributed by atoms with Gasteiger partial charge in [0, 0.05) is 18.7 Å². The largest absolute Gasteiger partial charge is 0.507 e. The number of likely N-dealkylation sites (N-methyl/N-ethyl adjacent to an activating group) is 1. The van der Waals surface area contributed by atoms with Gasteiger partial charge < -0.3 is 29.1 Å². The number of ether oxygens (including phenoxy) is 3. The molecule has 8 nitrogen and oxygen atoms in total. The average molecular weight is 483 g/mol. The lowest BCUT2D eigenvalue weighted by Crippen LogP contribution is -2.38. The zero-order valence-electron chi connectivity index (χ0n) is 21.3. The Morgan fingerprint density at radius 3 is 2.23 bits per heavy atom. The van der Waals surface area contributed by atoms with E-state index < -0.39 is 17.7 Å². The summed E-state index contributed by atoms with van der Waals surface area (Å²) in [6, 6.07) is 9.67. The fourth-order valence-corrected chi connectivity index (χ4v) is 4.44. The summed E-state index contributed by atoms with van der Waals surface area (Å²) in [6.07, 6.45) is 0. The highest BCUT2D eigenvalue weighted by atomic mass is 16.5. The van der Waals surface area contributed by atoms with Crippen molar-refractivity contribution in [2.24, 2.45) is 0 Å². The molecule has 35 heavy (non-hydrogen) atoms. The summed E-state index contributed by atoms with van der Waals surface area (Å²) < 4.78 is 16.1. The Morgan fingerprint density at radius 1 is 0.971 bits per heavy atom. The van der Waals surface area contributed by atoms with Crippen LogP contribution in [0.3, 0.4) is 0 Å². The number of aliphatic hydroxyl groups excluding tert-OH is 1. The Morgan fingerprint density at radius 2 is 1.66 bits per heavy atom. The first-order chi connectivity index (χ1) is 16.8. The van der Waals surface area contributed by atoms with Gasteiger partial charge in [-0.3, -0.25) is 9.59 Å². The quantitative estimate of drug-likeness (QED) is 0.313. The summed E-state index contributed by atoms with van der Waals surface area (Å²) in [5.41, 5.74) is 1.89. The lowest BCUT2D eigenvalue weighted by Gasteiger charge is -2.28. The SMILES string of the molecule is CCN(CC)CCN1C(=O)C(=O)C(=C(O)c2ccc(OC)cc2C)[C@H]1c1ccc(OC)c(OC)c1. The lowest BCUT2D eigenvalue weighted by molar-refractivity contribution is -0.140. The van der Waals surface area contributed by atoms with E-state index in [4.69, 9.17) is 14.2 Å². The predicted molar refractivity (Wildman–Crippen MR) is 134 cm³/mol. The van der Waals surface area contributed by atoms with Crippen molar-refractivity contribution in [3.8, 4) is 17.2 Å². The van der Waals surface area contributed by atoms with Gasteiger partial charge in [-0.1, -0.05) is 19.9 Å². The molecule has 1 N–H and O–H groups in total. The van der Waals surface area contributed by atoms with Crippen LogP contribution in [0.25, 0.3) is 5.76 Å². The van der Waals surface area contributed by atoms with Crippen molar-refractivity contribution < 1.29 is 28.9 Å². The van der Waals surface area contributed by atoms with Gasteiger partial charge in [0.2, 0.25) is 0 Å². The summed E-state index contributed by atoms with van der Waals surface area (Å²) in [4.78, 5) is 30.2. The fourth-order valence-electron chi connectivity index (χ4n) is 4.44. The predicted octanol–water partition coefficient (Wildman–Crippen LogP) is 3.78. The number of hydrogen-bond acceptors (Lipinski definition) is 7. The number of Topliss-reactive ketones (excluding diaryl/α,β-unsaturated/α-hetero) is 1. The highest BCUT2D eigenvalue weighted by Gasteiger charge is 2.46. The second-order valence-corrected chi connectivity index (χ2v) is 8.31. The maximum Gasteiger partial charge on any atom is 0.295 e. The second kappa shape index (κ2) is 11.3. The summed E-state index contributed by atoms with van der Waals surface area (Å²) in [7, 11) is 4.63. The normalized spacial score (nSPS) is 17.2. The number of carbonyl (C=O) groups is 2. The summed E-state index contributed by atoms with van der Waals surface area (Å²) in [5.74, 6) is 0.0767.